The lowest BCUT2D eigenvalue weighted by molar-refractivity contribution is -0.117. The summed E-state index contributed by atoms with van der Waals surface area (Å²) in [4.78, 5) is 18.3. The molecule has 7 nitrogen and oxygen atoms in total. The summed E-state index contributed by atoms with van der Waals surface area (Å²) in [6.07, 6.45) is 6.60. The average Bonchev–Trinajstić information content (AvgIpc) is 3.10. The summed E-state index contributed by atoms with van der Waals surface area (Å²) in [7, 11) is 1.92. The molecule has 0 aliphatic carbocycles. The number of carbonyl (C=O) groups is 1. The quantitative estimate of drug-likeness (QED) is 0.853. The van der Waals surface area contributed by atoms with Crippen LogP contribution in [0.5, 0.6) is 0 Å². The second-order valence-electron chi connectivity index (χ2n) is 6.24. The number of amides is 1. The molecule has 0 bridgehead atoms. The van der Waals surface area contributed by atoms with Gasteiger partial charge in [-0.1, -0.05) is 11.6 Å². The molecule has 1 aromatic heterocycles. The first-order valence-corrected chi connectivity index (χ1v) is 8.74. The van der Waals surface area contributed by atoms with Crippen LogP contribution in [0.15, 0.2) is 30.9 Å². The van der Waals surface area contributed by atoms with E-state index >= 15 is 0 Å². The maximum Gasteiger partial charge on any atom is 0.238 e. The van der Waals surface area contributed by atoms with Gasteiger partial charge in [-0.05, 0) is 44.5 Å². The normalized spacial score (nSPS) is 17.6. The molecule has 1 N–H and O–H groups in total. The molecule has 2 aromatic rings. The van der Waals surface area contributed by atoms with E-state index in [1.165, 1.54) is 12.7 Å². The molecule has 3 rings (SSSR count). The number of likely N-dealkylation sites (N-methyl/N-ethyl adjacent to an activating group) is 1. The monoisotopic (exact) mass is 363 g/mol. The Morgan fingerprint density at radius 1 is 1.48 bits per heavy atom. The Kier molecular flexibility index (Phi) is 6.01. The van der Waals surface area contributed by atoms with Crippen molar-refractivity contribution in [2.75, 3.05) is 32.1 Å². The van der Waals surface area contributed by atoms with E-state index in [-0.39, 0.29) is 18.6 Å². The van der Waals surface area contributed by atoms with Crippen LogP contribution in [0.4, 0.5) is 5.69 Å². The van der Waals surface area contributed by atoms with Gasteiger partial charge in [-0.2, -0.15) is 5.10 Å². The van der Waals surface area contributed by atoms with Crippen LogP contribution in [-0.4, -0.2) is 58.4 Å². The Morgan fingerprint density at radius 3 is 3.08 bits per heavy atom. The minimum atomic E-state index is -0.109. The van der Waals surface area contributed by atoms with Crippen molar-refractivity contribution in [2.45, 2.75) is 25.4 Å². The van der Waals surface area contributed by atoms with Crippen molar-refractivity contribution in [1.82, 2.24) is 19.7 Å². The predicted molar refractivity (Wildman–Crippen MR) is 96.1 cm³/mol. The fourth-order valence-corrected chi connectivity index (χ4v) is 3.11. The third-order valence-corrected chi connectivity index (χ3v) is 4.34. The predicted octanol–water partition coefficient (Wildman–Crippen LogP) is 2.36. The van der Waals surface area contributed by atoms with Crippen molar-refractivity contribution in [3.63, 3.8) is 0 Å². The molecule has 1 aromatic carbocycles. The molecule has 1 unspecified atom stereocenters. The lowest BCUT2D eigenvalue weighted by Gasteiger charge is -2.27. The van der Waals surface area contributed by atoms with Gasteiger partial charge in [0.1, 0.15) is 12.7 Å². The minimum absolute atomic E-state index is 0.109. The molecule has 1 atom stereocenters. The van der Waals surface area contributed by atoms with Crippen LogP contribution in [0, 0.1) is 0 Å². The van der Waals surface area contributed by atoms with Gasteiger partial charge in [0, 0.05) is 18.2 Å². The molecular formula is C17H22ClN5O2. The standard InChI is InChI=1S/C17H22ClN5O2/c1-22(9-14-4-2-3-7-25-14)10-17(24)21-15-8-13(18)5-6-16(15)23-12-19-11-20-23/h5-6,8,11-12,14H,2-4,7,9-10H2,1H3,(H,21,24). The van der Waals surface area contributed by atoms with Gasteiger partial charge in [0.15, 0.2) is 0 Å². The molecule has 8 heteroatoms. The number of ether oxygens (including phenoxy) is 1. The zero-order valence-electron chi connectivity index (χ0n) is 14.2. The number of nitrogens with zero attached hydrogens (tertiary/aromatic N) is 4. The van der Waals surface area contributed by atoms with Crippen molar-refractivity contribution >= 4 is 23.2 Å². The average molecular weight is 364 g/mol. The van der Waals surface area contributed by atoms with Crippen LogP contribution in [0.2, 0.25) is 5.02 Å². The molecular weight excluding hydrogens is 342 g/mol. The number of hydrogen-bond donors (Lipinski definition) is 1. The van der Waals surface area contributed by atoms with Gasteiger partial charge in [-0.15, -0.1) is 0 Å². The summed E-state index contributed by atoms with van der Waals surface area (Å²) >= 11 is 6.07. The Labute approximate surface area is 151 Å². The molecule has 2 heterocycles. The number of nitrogens with one attached hydrogen (secondary N) is 1. The summed E-state index contributed by atoms with van der Waals surface area (Å²) in [5, 5.41) is 7.56. The largest absolute Gasteiger partial charge is 0.377 e. The third-order valence-electron chi connectivity index (χ3n) is 4.10. The minimum Gasteiger partial charge on any atom is -0.377 e. The van der Waals surface area contributed by atoms with Gasteiger partial charge in [0.2, 0.25) is 5.91 Å². The first-order valence-electron chi connectivity index (χ1n) is 8.36. The second kappa shape index (κ2) is 8.42. The van der Waals surface area contributed by atoms with E-state index < -0.39 is 0 Å². The Bertz CT molecular complexity index is 701. The molecule has 0 radical (unpaired) electrons. The molecule has 0 spiro atoms. The third kappa shape index (κ3) is 5.01. The topological polar surface area (TPSA) is 72.3 Å². The van der Waals surface area contributed by atoms with Gasteiger partial charge >= 0.3 is 0 Å². The van der Waals surface area contributed by atoms with Gasteiger partial charge in [0.05, 0.1) is 24.0 Å². The summed E-state index contributed by atoms with van der Waals surface area (Å²) < 4.78 is 7.31. The second-order valence-corrected chi connectivity index (χ2v) is 6.67. The van der Waals surface area contributed by atoms with Gasteiger partial charge in [-0.3, -0.25) is 9.69 Å². The highest BCUT2D eigenvalue weighted by Gasteiger charge is 2.18. The van der Waals surface area contributed by atoms with Gasteiger partial charge < -0.3 is 10.1 Å². The van der Waals surface area contributed by atoms with E-state index in [1.807, 2.05) is 11.9 Å². The highest BCUT2D eigenvalue weighted by molar-refractivity contribution is 6.31. The molecule has 1 fully saturated rings. The highest BCUT2D eigenvalue weighted by atomic mass is 35.5. The van der Waals surface area contributed by atoms with E-state index in [9.17, 15) is 4.79 Å². The fraction of sp³-hybridized carbons (Fsp3) is 0.471. The Balaban J connectivity index is 1.61. The van der Waals surface area contributed by atoms with Crippen LogP contribution < -0.4 is 5.32 Å². The van der Waals surface area contributed by atoms with Crippen LogP contribution in [0.3, 0.4) is 0 Å². The van der Waals surface area contributed by atoms with E-state index in [1.54, 1.807) is 29.2 Å². The zero-order chi connectivity index (χ0) is 17.6. The first-order chi connectivity index (χ1) is 12.1. The number of aromatic nitrogens is 3. The fourth-order valence-electron chi connectivity index (χ4n) is 2.94. The van der Waals surface area contributed by atoms with Crippen molar-refractivity contribution in [3.8, 4) is 5.69 Å². The van der Waals surface area contributed by atoms with Crippen molar-refractivity contribution < 1.29 is 9.53 Å². The van der Waals surface area contributed by atoms with Crippen LogP contribution in [0.25, 0.3) is 5.69 Å². The smallest absolute Gasteiger partial charge is 0.238 e. The number of halogens is 1. The number of hydrogen-bond acceptors (Lipinski definition) is 5. The van der Waals surface area contributed by atoms with Gasteiger partial charge in [-0.25, -0.2) is 9.67 Å². The maximum absolute atomic E-state index is 12.4. The van der Waals surface area contributed by atoms with Crippen LogP contribution >= 0.6 is 11.6 Å². The molecule has 0 saturated carbocycles. The van der Waals surface area contributed by atoms with E-state index in [0.29, 0.717) is 16.4 Å². The Morgan fingerprint density at radius 2 is 2.36 bits per heavy atom. The molecule has 25 heavy (non-hydrogen) atoms. The van der Waals surface area contributed by atoms with E-state index in [2.05, 4.69) is 15.4 Å². The summed E-state index contributed by atoms with van der Waals surface area (Å²) in [6.45, 7) is 1.84. The number of anilines is 1. The first kappa shape index (κ1) is 17.8. The number of benzene rings is 1. The summed E-state index contributed by atoms with van der Waals surface area (Å²) in [6, 6.07) is 5.26. The van der Waals surface area contributed by atoms with Crippen molar-refractivity contribution in [3.05, 3.63) is 35.9 Å². The van der Waals surface area contributed by atoms with Crippen molar-refractivity contribution in [2.24, 2.45) is 0 Å². The van der Waals surface area contributed by atoms with E-state index in [4.69, 9.17) is 16.3 Å². The Hall–Kier alpha value is -1.96. The molecule has 1 aliphatic heterocycles. The van der Waals surface area contributed by atoms with Crippen molar-refractivity contribution in [1.29, 1.82) is 0 Å². The van der Waals surface area contributed by atoms with Crippen LogP contribution in [-0.2, 0) is 9.53 Å². The molecule has 1 amide bonds. The zero-order valence-corrected chi connectivity index (χ0v) is 14.9. The number of carbonyl (C=O) groups excluding carboxylic acids is 1. The molecule has 1 aliphatic rings. The lowest BCUT2D eigenvalue weighted by atomic mass is 10.1. The summed E-state index contributed by atoms with van der Waals surface area (Å²) in [5.41, 5.74) is 1.32. The SMILES string of the molecule is CN(CC(=O)Nc1cc(Cl)ccc1-n1cncn1)CC1CCCCO1. The van der Waals surface area contributed by atoms with Gasteiger partial charge in [0.25, 0.3) is 0 Å². The molecule has 1 saturated heterocycles. The lowest BCUT2D eigenvalue weighted by Crippen LogP contribution is -2.38. The van der Waals surface area contributed by atoms with E-state index in [0.717, 1.165) is 26.0 Å². The number of rotatable bonds is 6. The van der Waals surface area contributed by atoms with Crippen LogP contribution in [0.1, 0.15) is 19.3 Å². The maximum atomic E-state index is 12.4. The highest BCUT2D eigenvalue weighted by Crippen LogP contribution is 2.24. The molecule has 134 valence electrons. The summed E-state index contributed by atoms with van der Waals surface area (Å²) in [5.74, 6) is -0.109.